The molecule has 0 aromatic heterocycles. The van der Waals surface area contributed by atoms with E-state index < -0.39 is 8.80 Å². The quantitative estimate of drug-likeness (QED) is 0.775. The van der Waals surface area contributed by atoms with Crippen LogP contribution >= 0.6 is 0 Å². The highest BCUT2D eigenvalue weighted by atomic mass is 28.4. The Morgan fingerprint density at radius 3 is 2.25 bits per heavy atom. The van der Waals surface area contributed by atoms with Gasteiger partial charge in [0, 0.05) is 18.4 Å². The first-order chi connectivity index (χ1) is 7.23. The summed E-state index contributed by atoms with van der Waals surface area (Å²) in [6, 6.07) is 9.35. The maximum atomic E-state index is 10.3. The van der Waals surface area contributed by atoms with Gasteiger partial charge in [-0.1, -0.05) is 44.7 Å². The first-order valence-corrected chi connectivity index (χ1v) is 7.05. The molecule has 16 heavy (non-hydrogen) atoms. The van der Waals surface area contributed by atoms with Crippen molar-refractivity contribution in [1.82, 2.24) is 0 Å². The van der Waals surface area contributed by atoms with Crippen molar-refractivity contribution in [1.29, 1.82) is 0 Å². The van der Waals surface area contributed by atoms with Crippen LogP contribution in [0.25, 0.3) is 0 Å². The topological polar surface area (TPSA) is 38.7 Å². The van der Waals surface area contributed by atoms with Crippen molar-refractivity contribution in [3.8, 4) is 0 Å². The Balaban J connectivity index is 0.00000225. The fraction of sp³-hybridized carbons (Fsp3) is 0.500. The maximum Gasteiger partial charge on any atom is 0.534 e. The fourth-order valence-corrected chi connectivity index (χ4v) is 3.20. The monoisotopic (exact) mass is 242 g/mol. The minimum atomic E-state index is -3.15. The molecule has 1 atom stereocenters. The molecule has 0 saturated carbocycles. The van der Waals surface area contributed by atoms with Crippen molar-refractivity contribution < 1.29 is 13.6 Å². The van der Waals surface area contributed by atoms with E-state index >= 15 is 0 Å². The van der Waals surface area contributed by atoms with E-state index in [2.05, 4.69) is 0 Å². The molecule has 1 rings (SSSR count). The predicted octanol–water partition coefficient (Wildman–Crippen LogP) is 1.92. The van der Waals surface area contributed by atoms with Gasteiger partial charge in [0.2, 0.25) is 0 Å². The molecule has 1 unspecified atom stereocenters. The van der Waals surface area contributed by atoms with E-state index in [0.717, 1.165) is 11.6 Å². The second-order valence-corrected chi connectivity index (χ2v) is 5.55. The first-order valence-electron chi connectivity index (χ1n) is 5.28. The Bertz CT molecular complexity index is 279. The van der Waals surface area contributed by atoms with Crippen LogP contribution in [0.15, 0.2) is 30.3 Å². The lowest BCUT2D eigenvalue weighted by Crippen LogP contribution is -2.54. The molecule has 92 valence electrons. The van der Waals surface area contributed by atoms with Gasteiger partial charge in [-0.2, -0.15) is 0 Å². The normalized spacial score (nSPS) is 13.9. The average molecular weight is 242 g/mol. The van der Waals surface area contributed by atoms with Crippen LogP contribution in [0.1, 0.15) is 27.7 Å². The molecular weight excluding hydrogens is 220 g/mol. The van der Waals surface area contributed by atoms with E-state index in [0.29, 0.717) is 13.2 Å². The zero-order valence-corrected chi connectivity index (χ0v) is 10.3. The first kappa shape index (κ1) is 15.3. The zero-order chi connectivity index (χ0) is 11.1. The van der Waals surface area contributed by atoms with Crippen molar-refractivity contribution in [2.45, 2.75) is 27.7 Å². The van der Waals surface area contributed by atoms with Crippen molar-refractivity contribution >= 4 is 14.0 Å². The largest absolute Gasteiger partial charge is 0.534 e. The number of hydrogen-bond acceptors (Lipinski definition) is 3. The van der Waals surface area contributed by atoms with Crippen LogP contribution in [-0.2, 0) is 8.85 Å². The highest BCUT2D eigenvalue weighted by Gasteiger charge is 2.38. The lowest BCUT2D eigenvalue weighted by molar-refractivity contribution is 0.118. The lowest BCUT2D eigenvalue weighted by Gasteiger charge is -2.23. The van der Waals surface area contributed by atoms with Gasteiger partial charge in [-0.15, -0.1) is 0 Å². The van der Waals surface area contributed by atoms with Gasteiger partial charge in [0.05, 0.1) is 0 Å². The van der Waals surface area contributed by atoms with Gasteiger partial charge in [-0.3, -0.25) is 0 Å². The molecule has 1 aromatic carbocycles. The fourth-order valence-electron chi connectivity index (χ4n) is 1.29. The molecule has 0 fully saturated rings. The molecule has 4 heteroatoms. The van der Waals surface area contributed by atoms with Gasteiger partial charge in [0.15, 0.2) is 0 Å². The third-order valence-electron chi connectivity index (χ3n) is 1.98. The Morgan fingerprint density at radius 2 is 1.75 bits per heavy atom. The van der Waals surface area contributed by atoms with Crippen LogP contribution in [0.2, 0.25) is 0 Å². The highest BCUT2D eigenvalue weighted by Crippen LogP contribution is 2.05. The number of rotatable bonds is 6. The van der Waals surface area contributed by atoms with Crippen LogP contribution in [-0.4, -0.2) is 26.8 Å². The van der Waals surface area contributed by atoms with E-state index in [9.17, 15) is 4.80 Å². The van der Waals surface area contributed by atoms with E-state index in [-0.39, 0.29) is 7.43 Å². The third-order valence-corrected chi connectivity index (χ3v) is 4.32. The van der Waals surface area contributed by atoms with Gasteiger partial charge in [0.1, 0.15) is 0 Å². The summed E-state index contributed by atoms with van der Waals surface area (Å²) in [7, 11) is -3.15. The summed E-state index contributed by atoms with van der Waals surface area (Å²) in [5.74, 6) is 0. The molecule has 0 aliphatic carbocycles. The minimum Gasteiger partial charge on any atom is -0.386 e. The molecule has 0 aliphatic rings. The predicted molar refractivity (Wildman–Crippen MR) is 68.6 cm³/mol. The standard InChI is InChI=1S/C11H18O3Si.CH4/c1-3-10-14-15(12,13-4-2)11-8-6-5-7-9-11;/h5-9,12H,3-4,10H2,1-2H3;1H4. The summed E-state index contributed by atoms with van der Waals surface area (Å²) in [5, 5.41) is 0.764. The maximum absolute atomic E-state index is 10.3. The smallest absolute Gasteiger partial charge is 0.386 e. The molecule has 1 N–H and O–H groups in total. The summed E-state index contributed by atoms with van der Waals surface area (Å²) in [6.45, 7) is 4.85. The van der Waals surface area contributed by atoms with Crippen LogP contribution in [0, 0.1) is 0 Å². The summed E-state index contributed by atoms with van der Waals surface area (Å²) >= 11 is 0. The van der Waals surface area contributed by atoms with Crippen molar-refractivity contribution in [3.05, 3.63) is 30.3 Å². The molecule has 0 heterocycles. The van der Waals surface area contributed by atoms with Crippen LogP contribution in [0.5, 0.6) is 0 Å². The summed E-state index contributed by atoms with van der Waals surface area (Å²) < 4.78 is 10.9. The molecule has 1 aromatic rings. The van der Waals surface area contributed by atoms with Gasteiger partial charge < -0.3 is 13.6 Å². The van der Waals surface area contributed by atoms with Gasteiger partial charge >= 0.3 is 8.80 Å². The van der Waals surface area contributed by atoms with Gasteiger partial charge in [0.25, 0.3) is 0 Å². The lowest BCUT2D eigenvalue weighted by atomic mass is 10.4. The van der Waals surface area contributed by atoms with E-state index in [1.165, 1.54) is 0 Å². The van der Waals surface area contributed by atoms with E-state index in [1.807, 2.05) is 44.2 Å². The van der Waals surface area contributed by atoms with E-state index in [1.54, 1.807) is 0 Å². The molecule has 0 saturated heterocycles. The Morgan fingerprint density at radius 1 is 1.12 bits per heavy atom. The van der Waals surface area contributed by atoms with Crippen LogP contribution in [0.3, 0.4) is 0 Å². The second-order valence-electron chi connectivity index (χ2n) is 3.23. The molecule has 0 aliphatic heterocycles. The SMILES string of the molecule is C.CCCO[Si](O)(OCC)c1ccccc1. The van der Waals surface area contributed by atoms with Crippen LogP contribution in [0.4, 0.5) is 0 Å². The Labute approximate surface area is 99.4 Å². The van der Waals surface area contributed by atoms with E-state index in [4.69, 9.17) is 8.85 Å². The van der Waals surface area contributed by atoms with Crippen LogP contribution < -0.4 is 5.19 Å². The molecule has 0 radical (unpaired) electrons. The summed E-state index contributed by atoms with van der Waals surface area (Å²) in [5.41, 5.74) is 0. The summed E-state index contributed by atoms with van der Waals surface area (Å²) in [6.07, 6.45) is 0.870. The van der Waals surface area contributed by atoms with Gasteiger partial charge in [-0.05, 0) is 13.3 Å². The molecule has 3 nitrogen and oxygen atoms in total. The second kappa shape index (κ2) is 7.57. The van der Waals surface area contributed by atoms with Crippen molar-refractivity contribution in [2.24, 2.45) is 0 Å². The summed E-state index contributed by atoms with van der Waals surface area (Å²) in [4.78, 5) is 10.3. The Hall–Kier alpha value is -0.683. The highest BCUT2D eigenvalue weighted by molar-refractivity contribution is 6.74. The van der Waals surface area contributed by atoms with Crippen molar-refractivity contribution in [2.75, 3.05) is 13.2 Å². The zero-order valence-electron chi connectivity index (χ0n) is 9.27. The minimum absolute atomic E-state index is 0. The third kappa shape index (κ3) is 4.06. The molecule has 0 spiro atoms. The van der Waals surface area contributed by atoms with Crippen molar-refractivity contribution in [3.63, 3.8) is 0 Å². The average Bonchev–Trinajstić information content (AvgIpc) is 2.28. The molecular formula is C12H22O3Si. The van der Waals surface area contributed by atoms with Gasteiger partial charge in [-0.25, -0.2) is 0 Å². The number of hydrogen-bond donors (Lipinski definition) is 1. The molecule has 0 amide bonds. The molecule has 0 bridgehead atoms. The number of benzene rings is 1. The Kier molecular flexibility index (Phi) is 7.24.